The molecule has 3 heteroatoms. The summed E-state index contributed by atoms with van der Waals surface area (Å²) >= 11 is 0. The van der Waals surface area contributed by atoms with Crippen molar-refractivity contribution in [3.05, 3.63) is 0 Å². The Bertz CT molecular complexity index is 195. The van der Waals surface area contributed by atoms with Gasteiger partial charge in [0.2, 0.25) is 0 Å². The molecule has 1 N–H and O–H groups in total. The van der Waals surface area contributed by atoms with Crippen molar-refractivity contribution in [2.75, 3.05) is 33.4 Å². The molecule has 18 heavy (non-hydrogen) atoms. The molecule has 0 fully saturated rings. The van der Waals surface area contributed by atoms with Crippen molar-refractivity contribution in [3.63, 3.8) is 0 Å². The van der Waals surface area contributed by atoms with Crippen LogP contribution in [0.3, 0.4) is 0 Å². The molecule has 0 amide bonds. The second-order valence-corrected chi connectivity index (χ2v) is 5.65. The normalized spacial score (nSPS) is 15.3. The number of hydrogen-bond donors (Lipinski definition) is 1. The van der Waals surface area contributed by atoms with Crippen LogP contribution in [0.25, 0.3) is 0 Å². The molecule has 0 rings (SSSR count). The van der Waals surface area contributed by atoms with Gasteiger partial charge in [-0.1, -0.05) is 34.1 Å². The summed E-state index contributed by atoms with van der Waals surface area (Å²) in [4.78, 5) is 2.50. The van der Waals surface area contributed by atoms with Gasteiger partial charge in [-0.2, -0.15) is 0 Å². The summed E-state index contributed by atoms with van der Waals surface area (Å²) in [5.41, 5.74) is 0.0189. The highest BCUT2D eigenvalue weighted by atomic mass is 16.5. The van der Waals surface area contributed by atoms with Crippen LogP contribution in [0.4, 0.5) is 0 Å². The fourth-order valence-corrected chi connectivity index (χ4v) is 2.71. The topological polar surface area (TPSA) is 32.7 Å². The molecule has 110 valence electrons. The largest absolute Gasteiger partial charge is 0.396 e. The Morgan fingerprint density at radius 1 is 1.22 bits per heavy atom. The van der Waals surface area contributed by atoms with Crippen LogP contribution in [0.5, 0.6) is 0 Å². The number of aliphatic hydroxyl groups excluding tert-OH is 1. The van der Waals surface area contributed by atoms with E-state index in [0.29, 0.717) is 6.04 Å². The van der Waals surface area contributed by atoms with E-state index < -0.39 is 0 Å². The monoisotopic (exact) mass is 259 g/mol. The Hall–Kier alpha value is -0.120. The maximum Gasteiger partial charge on any atom is 0.0589 e. The molecule has 0 aromatic heterocycles. The van der Waals surface area contributed by atoms with Crippen molar-refractivity contribution in [1.82, 2.24) is 4.90 Å². The predicted octanol–water partition coefficient (Wildman–Crippen LogP) is 2.92. The number of rotatable bonds is 11. The lowest BCUT2D eigenvalue weighted by molar-refractivity contribution is 0.0405. The van der Waals surface area contributed by atoms with E-state index in [1.807, 2.05) is 0 Å². The van der Waals surface area contributed by atoms with Crippen LogP contribution in [0.2, 0.25) is 0 Å². The van der Waals surface area contributed by atoms with Gasteiger partial charge < -0.3 is 9.84 Å². The molecule has 0 heterocycles. The number of methoxy groups -OCH3 is 1. The molecule has 3 nitrogen and oxygen atoms in total. The van der Waals surface area contributed by atoms with Crippen LogP contribution in [0, 0.1) is 5.41 Å². The van der Waals surface area contributed by atoms with Gasteiger partial charge in [0, 0.05) is 38.3 Å². The summed E-state index contributed by atoms with van der Waals surface area (Å²) in [6.07, 6.45) is 4.52. The lowest BCUT2D eigenvalue weighted by Crippen LogP contribution is -2.45. The zero-order valence-corrected chi connectivity index (χ0v) is 13.0. The Morgan fingerprint density at radius 3 is 2.22 bits per heavy atom. The van der Waals surface area contributed by atoms with Crippen molar-refractivity contribution in [2.45, 2.75) is 59.4 Å². The van der Waals surface area contributed by atoms with Crippen LogP contribution < -0.4 is 0 Å². The fourth-order valence-electron chi connectivity index (χ4n) is 2.71. The Morgan fingerprint density at radius 2 is 1.83 bits per heavy atom. The highest BCUT2D eigenvalue weighted by molar-refractivity contribution is 4.81. The van der Waals surface area contributed by atoms with Gasteiger partial charge in [0.25, 0.3) is 0 Å². The van der Waals surface area contributed by atoms with Gasteiger partial charge in [0.15, 0.2) is 0 Å². The van der Waals surface area contributed by atoms with Gasteiger partial charge in [0.05, 0.1) is 6.61 Å². The molecule has 0 saturated heterocycles. The summed E-state index contributed by atoms with van der Waals surface area (Å²) < 4.78 is 5.22. The average molecular weight is 259 g/mol. The minimum Gasteiger partial charge on any atom is -0.396 e. The first kappa shape index (κ1) is 17.9. The SMILES string of the molecule is CCCC(C)(CO)CN(CCOC)C(CC)CC. The average Bonchev–Trinajstić information content (AvgIpc) is 2.37. The molecule has 0 aromatic carbocycles. The summed E-state index contributed by atoms with van der Waals surface area (Å²) in [6, 6.07) is 0.600. The number of aliphatic hydroxyl groups is 1. The van der Waals surface area contributed by atoms with E-state index >= 15 is 0 Å². The molecule has 0 radical (unpaired) electrons. The number of nitrogens with zero attached hydrogens (tertiary/aromatic N) is 1. The molecule has 0 spiro atoms. The van der Waals surface area contributed by atoms with Crippen LogP contribution in [0.15, 0.2) is 0 Å². The van der Waals surface area contributed by atoms with Gasteiger partial charge in [0.1, 0.15) is 0 Å². The molecule has 0 saturated carbocycles. The van der Waals surface area contributed by atoms with E-state index in [4.69, 9.17) is 4.74 Å². The van der Waals surface area contributed by atoms with Gasteiger partial charge in [-0.15, -0.1) is 0 Å². The molecule has 1 unspecified atom stereocenters. The summed E-state index contributed by atoms with van der Waals surface area (Å²) in [6.45, 7) is 11.8. The molecule has 0 aliphatic carbocycles. The van der Waals surface area contributed by atoms with Crippen molar-refractivity contribution in [1.29, 1.82) is 0 Å². The Labute approximate surface area is 114 Å². The van der Waals surface area contributed by atoms with Crippen LogP contribution >= 0.6 is 0 Å². The molecule has 0 bridgehead atoms. The van der Waals surface area contributed by atoms with Crippen molar-refractivity contribution in [3.8, 4) is 0 Å². The molecule has 1 atom stereocenters. The lowest BCUT2D eigenvalue weighted by Gasteiger charge is -2.38. The lowest BCUT2D eigenvalue weighted by atomic mass is 9.85. The van der Waals surface area contributed by atoms with Gasteiger partial charge in [-0.05, 0) is 19.3 Å². The quantitative estimate of drug-likeness (QED) is 0.619. The van der Waals surface area contributed by atoms with E-state index in [2.05, 4.69) is 32.6 Å². The van der Waals surface area contributed by atoms with E-state index in [-0.39, 0.29) is 12.0 Å². The standard InChI is InChI=1S/C15H33NO2/c1-6-9-15(4,13-17)12-16(10-11-18-5)14(7-2)8-3/h14,17H,6-13H2,1-5H3. The van der Waals surface area contributed by atoms with Gasteiger partial charge in [-0.3, -0.25) is 4.90 Å². The first-order valence-corrected chi connectivity index (χ1v) is 7.40. The van der Waals surface area contributed by atoms with Crippen LogP contribution in [-0.2, 0) is 4.74 Å². The van der Waals surface area contributed by atoms with Crippen molar-refractivity contribution < 1.29 is 9.84 Å². The Balaban J connectivity index is 4.62. The van der Waals surface area contributed by atoms with Crippen LogP contribution in [0.1, 0.15) is 53.4 Å². The third-order valence-corrected chi connectivity index (χ3v) is 3.86. The maximum atomic E-state index is 9.66. The second kappa shape index (κ2) is 9.76. The van der Waals surface area contributed by atoms with E-state index in [0.717, 1.165) is 45.4 Å². The minimum atomic E-state index is 0.0189. The first-order chi connectivity index (χ1) is 8.56. The van der Waals surface area contributed by atoms with Gasteiger partial charge >= 0.3 is 0 Å². The van der Waals surface area contributed by atoms with Crippen molar-refractivity contribution >= 4 is 0 Å². The highest BCUT2D eigenvalue weighted by Gasteiger charge is 2.28. The summed E-state index contributed by atoms with van der Waals surface area (Å²) in [5, 5.41) is 9.66. The van der Waals surface area contributed by atoms with E-state index in [9.17, 15) is 5.11 Å². The second-order valence-electron chi connectivity index (χ2n) is 5.65. The zero-order chi connectivity index (χ0) is 14.0. The smallest absolute Gasteiger partial charge is 0.0589 e. The first-order valence-electron chi connectivity index (χ1n) is 7.40. The number of ether oxygens (including phenoxy) is 1. The third-order valence-electron chi connectivity index (χ3n) is 3.86. The minimum absolute atomic E-state index is 0.0189. The highest BCUT2D eigenvalue weighted by Crippen LogP contribution is 2.25. The summed E-state index contributed by atoms with van der Waals surface area (Å²) in [7, 11) is 1.75. The van der Waals surface area contributed by atoms with E-state index in [1.54, 1.807) is 7.11 Å². The maximum absolute atomic E-state index is 9.66. The molecule has 0 aliphatic rings. The fraction of sp³-hybridized carbons (Fsp3) is 1.00. The molecular weight excluding hydrogens is 226 g/mol. The predicted molar refractivity (Wildman–Crippen MR) is 77.9 cm³/mol. The zero-order valence-electron chi connectivity index (χ0n) is 13.0. The van der Waals surface area contributed by atoms with Gasteiger partial charge in [-0.25, -0.2) is 0 Å². The molecule has 0 aliphatic heterocycles. The molecule has 0 aromatic rings. The van der Waals surface area contributed by atoms with E-state index in [1.165, 1.54) is 0 Å². The van der Waals surface area contributed by atoms with Crippen molar-refractivity contribution in [2.24, 2.45) is 5.41 Å². The van der Waals surface area contributed by atoms with Crippen LogP contribution in [-0.4, -0.2) is 49.5 Å². The number of hydrogen-bond acceptors (Lipinski definition) is 3. The third kappa shape index (κ3) is 6.17. The Kier molecular flexibility index (Phi) is 9.70. The summed E-state index contributed by atoms with van der Waals surface area (Å²) in [5.74, 6) is 0. The molecular formula is C15H33NO2.